The van der Waals surface area contributed by atoms with Gasteiger partial charge in [-0.1, -0.05) is 17.7 Å². The molecular weight excluding hydrogens is 344 g/mol. The number of aliphatic carboxylic acids is 1. The van der Waals surface area contributed by atoms with E-state index in [9.17, 15) is 15.0 Å². The Kier molecular flexibility index (Phi) is 4.08. The molecule has 0 saturated carbocycles. The number of rotatable bonds is 4. The molecule has 2 aromatic carbocycles. The Labute approximate surface area is 156 Å². The Morgan fingerprint density at radius 3 is 2.78 bits per heavy atom. The summed E-state index contributed by atoms with van der Waals surface area (Å²) in [7, 11) is 1.48. The van der Waals surface area contributed by atoms with Crippen molar-refractivity contribution in [2.45, 2.75) is 25.3 Å². The Balaban J connectivity index is 1.85. The topological polar surface area (TPSA) is 94.6 Å². The minimum Gasteiger partial charge on any atom is -0.504 e. The summed E-state index contributed by atoms with van der Waals surface area (Å²) in [4.78, 5) is 15.8. The normalized spacial score (nSPS) is 19.0. The van der Waals surface area contributed by atoms with Crippen LogP contribution >= 0.6 is 0 Å². The lowest BCUT2D eigenvalue weighted by atomic mass is 9.81. The van der Waals surface area contributed by atoms with Gasteiger partial charge in [-0.25, -0.2) is 4.79 Å². The van der Waals surface area contributed by atoms with Crippen molar-refractivity contribution in [1.29, 1.82) is 0 Å². The van der Waals surface area contributed by atoms with E-state index in [2.05, 4.69) is 16.4 Å². The highest BCUT2D eigenvalue weighted by Crippen LogP contribution is 2.38. The molecule has 0 spiro atoms. The lowest BCUT2D eigenvalue weighted by Gasteiger charge is -2.35. The van der Waals surface area contributed by atoms with Crippen LogP contribution in [0.1, 0.15) is 22.4 Å². The van der Waals surface area contributed by atoms with Gasteiger partial charge in [-0.3, -0.25) is 5.32 Å². The van der Waals surface area contributed by atoms with E-state index >= 15 is 0 Å². The molecule has 4 rings (SSSR count). The highest BCUT2D eigenvalue weighted by atomic mass is 16.5. The molecule has 1 unspecified atom stereocenters. The molecular formula is C21H22N2O4. The van der Waals surface area contributed by atoms with Crippen LogP contribution in [0.2, 0.25) is 0 Å². The first kappa shape index (κ1) is 17.4. The number of nitrogens with one attached hydrogen (secondary N) is 2. The van der Waals surface area contributed by atoms with Gasteiger partial charge < -0.3 is 19.9 Å². The second-order valence-corrected chi connectivity index (χ2v) is 7.10. The molecule has 0 radical (unpaired) electrons. The summed E-state index contributed by atoms with van der Waals surface area (Å²) in [6, 6.07) is 11.1. The van der Waals surface area contributed by atoms with Crippen molar-refractivity contribution in [3.05, 3.63) is 58.8 Å². The Bertz CT molecular complexity index is 1040. The molecule has 27 heavy (non-hydrogen) atoms. The molecule has 4 N–H and O–H groups in total. The van der Waals surface area contributed by atoms with Crippen LogP contribution < -0.4 is 10.1 Å². The lowest BCUT2D eigenvalue weighted by molar-refractivity contribution is -0.145. The summed E-state index contributed by atoms with van der Waals surface area (Å²) in [5.74, 6) is -0.581. The van der Waals surface area contributed by atoms with E-state index in [1.807, 2.05) is 19.1 Å². The average Bonchev–Trinajstić information content (AvgIpc) is 3.01. The number of aromatic nitrogens is 1. The van der Waals surface area contributed by atoms with E-state index in [0.717, 1.165) is 28.5 Å². The van der Waals surface area contributed by atoms with Gasteiger partial charge in [0.15, 0.2) is 17.0 Å². The predicted molar refractivity (Wildman–Crippen MR) is 102 cm³/mol. The number of ether oxygens (including phenoxy) is 1. The zero-order valence-corrected chi connectivity index (χ0v) is 15.3. The largest absolute Gasteiger partial charge is 0.504 e. The molecule has 0 saturated heterocycles. The summed E-state index contributed by atoms with van der Waals surface area (Å²) in [5, 5.41) is 24.6. The number of hydrogen-bond donors (Lipinski definition) is 4. The number of aromatic hydroxyl groups is 1. The van der Waals surface area contributed by atoms with E-state index in [0.29, 0.717) is 23.6 Å². The molecule has 6 heteroatoms. The highest BCUT2D eigenvalue weighted by molar-refractivity contribution is 5.90. The van der Waals surface area contributed by atoms with Gasteiger partial charge in [-0.05, 0) is 48.7 Å². The van der Waals surface area contributed by atoms with Crippen molar-refractivity contribution >= 4 is 16.9 Å². The minimum absolute atomic E-state index is 0.00107. The number of carbonyl (C=O) groups is 1. The summed E-state index contributed by atoms with van der Waals surface area (Å²) in [6.45, 7) is 2.60. The number of aromatic amines is 1. The maximum Gasteiger partial charge on any atom is 0.330 e. The number of carboxylic acids is 1. The molecule has 3 aromatic rings. The monoisotopic (exact) mass is 366 g/mol. The maximum atomic E-state index is 12.4. The number of hydrogen-bond acceptors (Lipinski definition) is 4. The SMILES string of the molecule is COc1ccc(CC2(C(=O)O)NCCc3c2[nH]c2ccc(C)cc32)cc1O. The van der Waals surface area contributed by atoms with Gasteiger partial charge in [0.1, 0.15) is 0 Å². The van der Waals surface area contributed by atoms with Crippen molar-refractivity contribution in [2.24, 2.45) is 0 Å². The minimum atomic E-state index is -1.28. The number of phenols is 1. The number of fused-ring (bicyclic) bond motifs is 3. The molecule has 0 amide bonds. The van der Waals surface area contributed by atoms with E-state index in [1.165, 1.54) is 7.11 Å². The molecule has 1 atom stereocenters. The summed E-state index contributed by atoms with van der Waals surface area (Å²) in [6.07, 6.45) is 0.973. The van der Waals surface area contributed by atoms with Gasteiger partial charge in [0.25, 0.3) is 0 Å². The van der Waals surface area contributed by atoms with Crippen LogP contribution in [0.25, 0.3) is 10.9 Å². The Hall–Kier alpha value is -2.99. The smallest absolute Gasteiger partial charge is 0.330 e. The van der Waals surface area contributed by atoms with Gasteiger partial charge in [-0.2, -0.15) is 0 Å². The van der Waals surface area contributed by atoms with Crippen LogP contribution in [-0.2, 0) is 23.2 Å². The fourth-order valence-corrected chi connectivity index (χ4v) is 4.04. The van der Waals surface area contributed by atoms with E-state index in [1.54, 1.807) is 18.2 Å². The quantitative estimate of drug-likeness (QED) is 0.570. The van der Waals surface area contributed by atoms with Crippen LogP contribution in [0, 0.1) is 6.92 Å². The molecule has 1 aliphatic heterocycles. The number of aryl methyl sites for hydroxylation is 1. The second kappa shape index (κ2) is 6.32. The zero-order valence-electron chi connectivity index (χ0n) is 15.3. The van der Waals surface area contributed by atoms with Crippen LogP contribution in [-0.4, -0.2) is 34.8 Å². The van der Waals surface area contributed by atoms with Gasteiger partial charge in [-0.15, -0.1) is 0 Å². The van der Waals surface area contributed by atoms with Gasteiger partial charge in [0.05, 0.1) is 12.8 Å². The summed E-state index contributed by atoms with van der Waals surface area (Å²) >= 11 is 0. The van der Waals surface area contributed by atoms with E-state index < -0.39 is 11.5 Å². The van der Waals surface area contributed by atoms with Gasteiger partial charge in [0.2, 0.25) is 0 Å². The van der Waals surface area contributed by atoms with Crippen LogP contribution in [0.3, 0.4) is 0 Å². The fraction of sp³-hybridized carbons (Fsp3) is 0.286. The lowest BCUT2D eigenvalue weighted by Crippen LogP contribution is -2.54. The molecule has 140 valence electrons. The maximum absolute atomic E-state index is 12.4. The number of phenolic OH excluding ortho intramolecular Hbond substituents is 1. The third-order valence-corrected chi connectivity index (χ3v) is 5.37. The number of methoxy groups -OCH3 is 1. The molecule has 6 nitrogen and oxygen atoms in total. The van der Waals surface area contributed by atoms with Gasteiger partial charge >= 0.3 is 5.97 Å². The van der Waals surface area contributed by atoms with Gasteiger partial charge in [0, 0.05) is 23.9 Å². The van der Waals surface area contributed by atoms with Crippen molar-refractivity contribution in [3.63, 3.8) is 0 Å². The first-order chi connectivity index (χ1) is 12.9. The first-order valence-electron chi connectivity index (χ1n) is 8.90. The highest BCUT2D eigenvalue weighted by Gasteiger charge is 2.45. The Morgan fingerprint density at radius 1 is 1.26 bits per heavy atom. The van der Waals surface area contributed by atoms with Crippen molar-refractivity contribution in [3.8, 4) is 11.5 Å². The van der Waals surface area contributed by atoms with Crippen LogP contribution in [0.4, 0.5) is 0 Å². The number of carboxylic acid groups (broad SMARTS) is 1. The van der Waals surface area contributed by atoms with E-state index in [-0.39, 0.29) is 12.2 Å². The molecule has 0 bridgehead atoms. The van der Waals surface area contributed by atoms with Crippen LogP contribution in [0.15, 0.2) is 36.4 Å². The Morgan fingerprint density at radius 2 is 2.07 bits per heavy atom. The molecule has 1 aromatic heterocycles. The first-order valence-corrected chi connectivity index (χ1v) is 8.90. The third-order valence-electron chi connectivity index (χ3n) is 5.37. The van der Waals surface area contributed by atoms with Crippen molar-refractivity contribution in [2.75, 3.05) is 13.7 Å². The molecule has 1 aliphatic rings. The second-order valence-electron chi connectivity index (χ2n) is 7.10. The van der Waals surface area contributed by atoms with E-state index in [4.69, 9.17) is 4.74 Å². The number of H-pyrrole nitrogens is 1. The van der Waals surface area contributed by atoms with Crippen molar-refractivity contribution < 1.29 is 19.7 Å². The summed E-state index contributed by atoms with van der Waals surface area (Å²) in [5.41, 5.74) is 3.26. The summed E-state index contributed by atoms with van der Waals surface area (Å²) < 4.78 is 5.08. The standard InChI is InChI=1S/C21H22N2O4/c1-12-3-5-16-15(9-12)14-7-8-22-21(20(25)26,19(14)23-16)11-13-4-6-18(27-2)17(24)10-13/h3-6,9-10,22-24H,7-8,11H2,1-2H3,(H,25,26). The molecule has 0 fully saturated rings. The molecule has 0 aliphatic carbocycles. The van der Waals surface area contributed by atoms with Crippen molar-refractivity contribution in [1.82, 2.24) is 10.3 Å². The predicted octanol–water partition coefficient (Wildman–Crippen LogP) is 2.86. The van der Waals surface area contributed by atoms with Crippen LogP contribution in [0.5, 0.6) is 11.5 Å². The average molecular weight is 366 g/mol. The zero-order chi connectivity index (χ0) is 19.2. The molecule has 2 heterocycles. The number of benzene rings is 2. The third kappa shape index (κ3) is 2.73. The fourth-order valence-electron chi connectivity index (χ4n) is 4.04.